The highest BCUT2D eigenvalue weighted by Gasteiger charge is 2.28. The maximum atomic E-state index is 12.4. The van der Waals surface area contributed by atoms with Gasteiger partial charge in [-0.3, -0.25) is 19.3 Å². The van der Waals surface area contributed by atoms with Gasteiger partial charge in [0.05, 0.1) is 12.6 Å². The van der Waals surface area contributed by atoms with Gasteiger partial charge in [0.1, 0.15) is 5.78 Å². The van der Waals surface area contributed by atoms with E-state index in [1.54, 1.807) is 13.8 Å². The van der Waals surface area contributed by atoms with Crippen molar-refractivity contribution in [1.29, 1.82) is 0 Å². The molecule has 0 aromatic rings. The SMILES string of the molecule is CC(C)C(=O)CC(NC(=O)CN1CCC(N(C)C)CC1)C(=O)C(C)C. The highest BCUT2D eigenvalue weighted by atomic mass is 16.2. The minimum absolute atomic E-state index is 0.00565. The van der Waals surface area contributed by atoms with Crippen LogP contribution in [0, 0.1) is 11.8 Å². The number of amides is 1. The van der Waals surface area contributed by atoms with Crippen LogP contribution in [-0.2, 0) is 14.4 Å². The number of nitrogens with zero attached hydrogens (tertiary/aromatic N) is 2. The molecule has 1 amide bonds. The molecular weight excluding hydrogens is 318 g/mol. The van der Waals surface area contributed by atoms with E-state index in [0.29, 0.717) is 6.04 Å². The van der Waals surface area contributed by atoms with Crippen LogP contribution in [0.5, 0.6) is 0 Å². The minimum Gasteiger partial charge on any atom is -0.345 e. The normalized spacial score (nSPS) is 18.0. The molecule has 1 atom stereocenters. The fraction of sp³-hybridized carbons (Fsp3) is 0.842. The Morgan fingerprint density at radius 1 is 1.04 bits per heavy atom. The summed E-state index contributed by atoms with van der Waals surface area (Å²) in [5.41, 5.74) is 0. The van der Waals surface area contributed by atoms with Gasteiger partial charge in [0.15, 0.2) is 5.78 Å². The van der Waals surface area contributed by atoms with Gasteiger partial charge in [0.25, 0.3) is 0 Å². The third-order valence-electron chi connectivity index (χ3n) is 4.95. The van der Waals surface area contributed by atoms with Crippen LogP contribution >= 0.6 is 0 Å². The molecule has 0 bridgehead atoms. The molecule has 0 radical (unpaired) electrons. The molecule has 1 unspecified atom stereocenters. The predicted molar refractivity (Wildman–Crippen MR) is 99.4 cm³/mol. The van der Waals surface area contributed by atoms with Crippen molar-refractivity contribution in [1.82, 2.24) is 15.1 Å². The highest BCUT2D eigenvalue weighted by molar-refractivity contribution is 5.95. The van der Waals surface area contributed by atoms with Gasteiger partial charge in [0.2, 0.25) is 5.91 Å². The van der Waals surface area contributed by atoms with Crippen LogP contribution in [-0.4, -0.2) is 73.1 Å². The summed E-state index contributed by atoms with van der Waals surface area (Å²) >= 11 is 0. The maximum Gasteiger partial charge on any atom is 0.234 e. The third kappa shape index (κ3) is 7.24. The third-order valence-corrected chi connectivity index (χ3v) is 4.95. The number of nitrogens with one attached hydrogen (secondary N) is 1. The fourth-order valence-corrected chi connectivity index (χ4v) is 3.10. The van der Waals surface area contributed by atoms with Gasteiger partial charge in [-0.25, -0.2) is 0 Å². The lowest BCUT2D eigenvalue weighted by molar-refractivity contribution is -0.132. The Bertz CT molecular complexity index is 467. The van der Waals surface area contributed by atoms with E-state index in [0.717, 1.165) is 25.9 Å². The molecule has 6 heteroatoms. The molecule has 0 aromatic heterocycles. The number of hydrogen-bond donors (Lipinski definition) is 1. The maximum absolute atomic E-state index is 12.4. The molecular formula is C19H35N3O3. The van der Waals surface area contributed by atoms with Gasteiger partial charge in [-0.05, 0) is 26.9 Å². The molecule has 1 N–H and O–H groups in total. The molecule has 144 valence electrons. The van der Waals surface area contributed by atoms with Gasteiger partial charge < -0.3 is 10.2 Å². The number of piperidine rings is 1. The van der Waals surface area contributed by atoms with E-state index in [1.807, 2.05) is 13.8 Å². The van der Waals surface area contributed by atoms with Crippen LogP contribution in [0.1, 0.15) is 47.0 Å². The smallest absolute Gasteiger partial charge is 0.234 e. The average molecular weight is 354 g/mol. The number of hydrogen-bond acceptors (Lipinski definition) is 5. The first kappa shape index (κ1) is 21.8. The van der Waals surface area contributed by atoms with Crippen LogP contribution in [0.3, 0.4) is 0 Å². The summed E-state index contributed by atoms with van der Waals surface area (Å²) in [6, 6.07) is -0.139. The van der Waals surface area contributed by atoms with Crippen molar-refractivity contribution < 1.29 is 14.4 Å². The number of rotatable bonds is 9. The molecule has 0 spiro atoms. The summed E-state index contributed by atoms with van der Waals surface area (Å²) in [5, 5.41) is 2.80. The Hall–Kier alpha value is -1.27. The zero-order valence-corrected chi connectivity index (χ0v) is 16.7. The summed E-state index contributed by atoms with van der Waals surface area (Å²) in [6.45, 7) is 9.28. The van der Waals surface area contributed by atoms with Crippen LogP contribution in [0.25, 0.3) is 0 Å². The number of likely N-dealkylation sites (tertiary alicyclic amines) is 1. The van der Waals surface area contributed by atoms with Crippen molar-refractivity contribution in [3.8, 4) is 0 Å². The Balaban J connectivity index is 2.57. The fourth-order valence-electron chi connectivity index (χ4n) is 3.10. The van der Waals surface area contributed by atoms with E-state index >= 15 is 0 Å². The van der Waals surface area contributed by atoms with E-state index < -0.39 is 6.04 Å². The molecule has 1 heterocycles. The monoisotopic (exact) mass is 353 g/mol. The van der Waals surface area contributed by atoms with E-state index in [2.05, 4.69) is 29.2 Å². The molecule has 1 aliphatic rings. The molecule has 1 aliphatic heterocycles. The molecule has 1 saturated heterocycles. The van der Waals surface area contributed by atoms with Crippen LogP contribution in [0.2, 0.25) is 0 Å². The van der Waals surface area contributed by atoms with E-state index in [9.17, 15) is 14.4 Å². The van der Waals surface area contributed by atoms with Crippen LogP contribution < -0.4 is 5.32 Å². The summed E-state index contributed by atoms with van der Waals surface area (Å²) in [6.07, 6.45) is 2.17. The molecule has 0 aliphatic carbocycles. The number of carbonyl (C=O) groups excluding carboxylic acids is 3. The second-order valence-electron chi connectivity index (χ2n) is 7.97. The van der Waals surface area contributed by atoms with Crippen molar-refractivity contribution in [2.75, 3.05) is 33.7 Å². The lowest BCUT2D eigenvalue weighted by Gasteiger charge is -2.35. The predicted octanol–water partition coefficient (Wildman–Crippen LogP) is 1.34. The number of carbonyl (C=O) groups is 3. The van der Waals surface area contributed by atoms with E-state index in [4.69, 9.17) is 0 Å². The van der Waals surface area contributed by atoms with Crippen molar-refractivity contribution in [3.63, 3.8) is 0 Å². The van der Waals surface area contributed by atoms with E-state index in [1.165, 1.54) is 0 Å². The van der Waals surface area contributed by atoms with Gasteiger partial charge in [-0.2, -0.15) is 0 Å². The van der Waals surface area contributed by atoms with Crippen LogP contribution in [0.4, 0.5) is 0 Å². The Kier molecular flexibility index (Phi) is 8.73. The zero-order valence-electron chi connectivity index (χ0n) is 16.7. The topological polar surface area (TPSA) is 69.7 Å². The summed E-state index contributed by atoms with van der Waals surface area (Å²) in [4.78, 5) is 41.1. The molecule has 0 saturated carbocycles. The molecule has 1 fully saturated rings. The standard InChI is InChI=1S/C19H35N3O3/c1-13(2)17(23)11-16(19(25)14(3)4)20-18(24)12-22-9-7-15(8-10-22)21(5)6/h13-16H,7-12H2,1-6H3,(H,20,24). The summed E-state index contributed by atoms with van der Waals surface area (Å²) in [7, 11) is 4.17. The Morgan fingerprint density at radius 2 is 1.60 bits per heavy atom. The molecule has 1 rings (SSSR count). The Labute approximate surface area is 152 Å². The minimum atomic E-state index is -0.707. The highest BCUT2D eigenvalue weighted by Crippen LogP contribution is 2.14. The first-order valence-corrected chi connectivity index (χ1v) is 9.36. The van der Waals surface area contributed by atoms with Crippen LogP contribution in [0.15, 0.2) is 0 Å². The van der Waals surface area contributed by atoms with Gasteiger partial charge in [-0.1, -0.05) is 27.7 Å². The quantitative estimate of drug-likeness (QED) is 0.677. The lowest BCUT2D eigenvalue weighted by Crippen LogP contribution is -2.50. The average Bonchev–Trinajstić information content (AvgIpc) is 2.53. The van der Waals surface area contributed by atoms with Crippen molar-refractivity contribution in [2.24, 2.45) is 11.8 Å². The largest absolute Gasteiger partial charge is 0.345 e. The second-order valence-corrected chi connectivity index (χ2v) is 7.97. The van der Waals surface area contributed by atoms with Crippen molar-refractivity contribution in [3.05, 3.63) is 0 Å². The molecule has 25 heavy (non-hydrogen) atoms. The van der Waals surface area contributed by atoms with E-state index in [-0.39, 0.29) is 42.3 Å². The van der Waals surface area contributed by atoms with Crippen molar-refractivity contribution >= 4 is 17.5 Å². The lowest BCUT2D eigenvalue weighted by atomic mass is 9.94. The Morgan fingerprint density at radius 3 is 2.04 bits per heavy atom. The summed E-state index contributed by atoms with van der Waals surface area (Å²) in [5.74, 6) is -0.579. The van der Waals surface area contributed by atoms with Gasteiger partial charge in [0, 0.05) is 37.4 Å². The first-order chi connectivity index (χ1) is 11.6. The summed E-state index contributed by atoms with van der Waals surface area (Å²) < 4.78 is 0. The number of ketones is 2. The second kappa shape index (κ2) is 10.0. The van der Waals surface area contributed by atoms with Crippen molar-refractivity contribution in [2.45, 2.75) is 59.0 Å². The van der Waals surface area contributed by atoms with Gasteiger partial charge >= 0.3 is 0 Å². The number of Topliss-reactive ketones (excluding diaryl/α,β-unsaturated/α-hetero) is 2. The molecule has 6 nitrogen and oxygen atoms in total. The first-order valence-electron chi connectivity index (χ1n) is 9.36. The molecule has 0 aromatic carbocycles. The zero-order chi connectivity index (χ0) is 19.1. The van der Waals surface area contributed by atoms with Gasteiger partial charge in [-0.15, -0.1) is 0 Å².